The molecule has 2 N–H and O–H groups in total. The van der Waals surface area contributed by atoms with Crippen molar-refractivity contribution >= 4 is 39.4 Å². The number of rotatable bonds is 2. The fraction of sp³-hybridized carbons (Fsp3) is 0.409. The van der Waals surface area contributed by atoms with Gasteiger partial charge in [0.25, 0.3) is 5.91 Å². The number of benzene rings is 1. The van der Waals surface area contributed by atoms with Crippen LogP contribution in [-0.2, 0) is 17.7 Å². The van der Waals surface area contributed by atoms with Crippen LogP contribution >= 0.6 is 11.3 Å². The highest BCUT2D eigenvalue weighted by molar-refractivity contribution is 7.15. The number of carbonyl (C=O) groups excluding carboxylic acids is 2. The Hall–Kier alpha value is -2.87. The number of aromatic amines is 1. The summed E-state index contributed by atoms with van der Waals surface area (Å²) in [5, 5.41) is 4.51. The summed E-state index contributed by atoms with van der Waals surface area (Å²) in [6, 6.07) is 5.64. The topological polar surface area (TPSA) is 87.3 Å². The van der Waals surface area contributed by atoms with E-state index in [0.29, 0.717) is 30.2 Å². The summed E-state index contributed by atoms with van der Waals surface area (Å²) in [5.74, 6) is -0.190. The van der Waals surface area contributed by atoms with Gasteiger partial charge in [-0.1, -0.05) is 11.3 Å². The van der Waals surface area contributed by atoms with E-state index < -0.39 is 5.60 Å². The van der Waals surface area contributed by atoms with Gasteiger partial charge in [0, 0.05) is 40.0 Å². The SMILES string of the molecule is Cc1[nH]c2ccc(C(=O)Nc3nc4c(s3)CN(C(=O)OC(C)(C)C)CC4)cc2c1C. The number of hydrogen-bond donors (Lipinski definition) is 2. The predicted molar refractivity (Wildman–Crippen MR) is 118 cm³/mol. The van der Waals surface area contributed by atoms with Crippen LogP contribution < -0.4 is 5.32 Å². The fourth-order valence-electron chi connectivity index (χ4n) is 3.50. The van der Waals surface area contributed by atoms with Gasteiger partial charge in [-0.15, -0.1) is 0 Å². The highest BCUT2D eigenvalue weighted by Gasteiger charge is 2.28. The molecule has 1 aliphatic rings. The number of thiazole rings is 1. The lowest BCUT2D eigenvalue weighted by Crippen LogP contribution is -2.39. The van der Waals surface area contributed by atoms with Gasteiger partial charge in [-0.05, 0) is 58.4 Å². The van der Waals surface area contributed by atoms with Crippen molar-refractivity contribution in [3.63, 3.8) is 0 Å². The summed E-state index contributed by atoms with van der Waals surface area (Å²) < 4.78 is 5.47. The maximum atomic E-state index is 12.8. The zero-order valence-electron chi connectivity index (χ0n) is 17.9. The minimum absolute atomic E-state index is 0.190. The Labute approximate surface area is 179 Å². The third kappa shape index (κ3) is 4.05. The first-order chi connectivity index (χ1) is 14.1. The second kappa shape index (κ2) is 7.43. The second-order valence-electron chi connectivity index (χ2n) is 8.63. The molecule has 3 heterocycles. The summed E-state index contributed by atoms with van der Waals surface area (Å²) >= 11 is 1.41. The minimum Gasteiger partial charge on any atom is -0.444 e. The highest BCUT2D eigenvalue weighted by Crippen LogP contribution is 2.30. The highest BCUT2D eigenvalue weighted by atomic mass is 32.1. The lowest BCUT2D eigenvalue weighted by atomic mass is 10.1. The molecule has 8 heteroatoms. The van der Waals surface area contributed by atoms with Crippen molar-refractivity contribution in [2.45, 2.75) is 53.2 Å². The summed E-state index contributed by atoms with van der Waals surface area (Å²) in [7, 11) is 0. The van der Waals surface area contributed by atoms with E-state index in [1.54, 1.807) is 4.90 Å². The van der Waals surface area contributed by atoms with Crippen LogP contribution in [0.25, 0.3) is 10.9 Å². The van der Waals surface area contributed by atoms with Gasteiger partial charge in [-0.2, -0.15) is 0 Å². The molecule has 4 rings (SSSR count). The Morgan fingerprint density at radius 3 is 2.77 bits per heavy atom. The van der Waals surface area contributed by atoms with E-state index in [2.05, 4.69) is 15.3 Å². The van der Waals surface area contributed by atoms with Crippen LogP contribution in [0.4, 0.5) is 9.93 Å². The van der Waals surface area contributed by atoms with E-state index in [1.807, 2.05) is 52.8 Å². The van der Waals surface area contributed by atoms with Crippen molar-refractivity contribution in [2.75, 3.05) is 11.9 Å². The van der Waals surface area contributed by atoms with Crippen molar-refractivity contribution in [1.82, 2.24) is 14.9 Å². The molecule has 7 nitrogen and oxygen atoms in total. The first-order valence-corrected chi connectivity index (χ1v) is 10.8. The number of H-pyrrole nitrogens is 1. The Kier molecular flexibility index (Phi) is 5.05. The van der Waals surface area contributed by atoms with Crippen LogP contribution in [0.1, 0.15) is 53.0 Å². The molecule has 0 saturated heterocycles. The maximum Gasteiger partial charge on any atom is 0.410 e. The van der Waals surface area contributed by atoms with Gasteiger partial charge in [-0.25, -0.2) is 9.78 Å². The Morgan fingerprint density at radius 2 is 2.03 bits per heavy atom. The van der Waals surface area contributed by atoms with Crippen molar-refractivity contribution in [3.05, 3.63) is 45.6 Å². The van der Waals surface area contributed by atoms with Gasteiger partial charge in [0.15, 0.2) is 5.13 Å². The molecule has 0 unspecified atom stereocenters. The maximum absolute atomic E-state index is 12.8. The molecular formula is C22H26N4O3S. The molecule has 3 aromatic rings. The van der Waals surface area contributed by atoms with Crippen LogP contribution in [0, 0.1) is 13.8 Å². The molecule has 0 bridgehead atoms. The van der Waals surface area contributed by atoms with E-state index in [-0.39, 0.29) is 12.0 Å². The summed E-state index contributed by atoms with van der Waals surface area (Å²) in [5.41, 5.74) is 4.27. The number of aromatic nitrogens is 2. The molecular weight excluding hydrogens is 400 g/mol. The lowest BCUT2D eigenvalue weighted by molar-refractivity contribution is 0.0225. The third-order valence-electron chi connectivity index (χ3n) is 5.17. The number of nitrogens with one attached hydrogen (secondary N) is 2. The molecule has 0 spiro atoms. The van der Waals surface area contributed by atoms with Crippen molar-refractivity contribution in [1.29, 1.82) is 0 Å². The number of fused-ring (bicyclic) bond motifs is 2. The molecule has 1 aromatic carbocycles. The second-order valence-corrected chi connectivity index (χ2v) is 9.71. The standard InChI is InChI=1S/C22H26N4O3S/c1-12-13(2)23-16-7-6-14(10-15(12)16)19(27)25-20-24-17-8-9-26(11-18(17)30-20)21(28)29-22(3,4)5/h6-7,10,23H,8-9,11H2,1-5H3,(H,24,25,27). The van der Waals surface area contributed by atoms with Crippen LogP contribution in [0.3, 0.4) is 0 Å². The van der Waals surface area contributed by atoms with Crippen molar-refractivity contribution in [2.24, 2.45) is 0 Å². The average molecular weight is 427 g/mol. The van der Waals surface area contributed by atoms with E-state index in [9.17, 15) is 9.59 Å². The summed E-state index contributed by atoms with van der Waals surface area (Å²) in [4.78, 5) is 35.7. The normalized spacial score (nSPS) is 14.0. The predicted octanol–water partition coefficient (Wildman–Crippen LogP) is 4.79. The smallest absolute Gasteiger partial charge is 0.410 e. The molecule has 2 amide bonds. The Balaban J connectivity index is 1.48. The minimum atomic E-state index is -0.526. The zero-order valence-corrected chi connectivity index (χ0v) is 18.7. The Bertz CT molecular complexity index is 1140. The molecule has 0 aliphatic carbocycles. The number of anilines is 1. The first kappa shape index (κ1) is 20.4. The van der Waals surface area contributed by atoms with Crippen molar-refractivity contribution in [3.8, 4) is 0 Å². The van der Waals surface area contributed by atoms with E-state index >= 15 is 0 Å². The molecule has 0 fully saturated rings. The van der Waals surface area contributed by atoms with E-state index in [1.165, 1.54) is 11.3 Å². The van der Waals surface area contributed by atoms with E-state index in [0.717, 1.165) is 32.7 Å². The van der Waals surface area contributed by atoms with E-state index in [4.69, 9.17) is 4.74 Å². The van der Waals surface area contributed by atoms with Gasteiger partial charge < -0.3 is 14.6 Å². The summed E-state index contributed by atoms with van der Waals surface area (Å²) in [6.07, 6.45) is 0.326. The number of carbonyl (C=O) groups is 2. The average Bonchev–Trinajstić information content (AvgIpc) is 3.19. The largest absolute Gasteiger partial charge is 0.444 e. The number of aryl methyl sites for hydroxylation is 2. The van der Waals surface area contributed by atoms with Gasteiger partial charge in [0.2, 0.25) is 0 Å². The molecule has 1 aliphatic heterocycles. The van der Waals surface area contributed by atoms with Crippen LogP contribution in [0.15, 0.2) is 18.2 Å². The van der Waals surface area contributed by atoms with Gasteiger partial charge in [0.05, 0.1) is 12.2 Å². The molecule has 0 saturated carbocycles. The van der Waals surface area contributed by atoms with Gasteiger partial charge in [0.1, 0.15) is 5.60 Å². The van der Waals surface area contributed by atoms with Crippen LogP contribution in [0.2, 0.25) is 0 Å². The number of hydrogen-bond acceptors (Lipinski definition) is 5. The van der Waals surface area contributed by atoms with Crippen molar-refractivity contribution < 1.29 is 14.3 Å². The quantitative estimate of drug-likeness (QED) is 0.617. The number of amides is 2. The number of ether oxygens (including phenoxy) is 1. The molecule has 158 valence electrons. The molecule has 0 atom stereocenters. The third-order valence-corrected chi connectivity index (χ3v) is 6.17. The lowest BCUT2D eigenvalue weighted by Gasteiger charge is -2.29. The van der Waals surface area contributed by atoms with Gasteiger partial charge >= 0.3 is 6.09 Å². The number of nitrogens with zero attached hydrogens (tertiary/aromatic N) is 2. The monoisotopic (exact) mass is 426 g/mol. The zero-order chi connectivity index (χ0) is 21.6. The van der Waals surface area contributed by atoms with Crippen LogP contribution in [-0.4, -0.2) is 39.0 Å². The summed E-state index contributed by atoms with van der Waals surface area (Å²) in [6.45, 7) is 10.6. The molecule has 0 radical (unpaired) electrons. The van der Waals surface area contributed by atoms with Gasteiger partial charge in [-0.3, -0.25) is 10.1 Å². The fourth-order valence-corrected chi connectivity index (χ4v) is 4.52. The van der Waals surface area contributed by atoms with Crippen LogP contribution in [0.5, 0.6) is 0 Å². The first-order valence-electron chi connectivity index (χ1n) is 9.97. The Morgan fingerprint density at radius 1 is 1.27 bits per heavy atom. The molecule has 30 heavy (non-hydrogen) atoms. The molecule has 2 aromatic heterocycles.